The van der Waals surface area contributed by atoms with Crippen LogP contribution in [0.5, 0.6) is 0 Å². The molecule has 0 spiro atoms. The van der Waals surface area contributed by atoms with E-state index in [4.69, 9.17) is 4.74 Å². The summed E-state index contributed by atoms with van der Waals surface area (Å²) >= 11 is 0. The lowest BCUT2D eigenvalue weighted by molar-refractivity contribution is -0.128. The second-order valence-electron chi connectivity index (χ2n) is 6.67. The second-order valence-corrected chi connectivity index (χ2v) is 6.67. The summed E-state index contributed by atoms with van der Waals surface area (Å²) in [7, 11) is 0. The molecular formula is C20H21NO3. The van der Waals surface area contributed by atoms with Gasteiger partial charge in [0.1, 0.15) is 5.78 Å². The zero-order valence-corrected chi connectivity index (χ0v) is 14.1. The maximum Gasteiger partial charge on any atom is 0.185 e. The first-order chi connectivity index (χ1) is 11.4. The zero-order valence-electron chi connectivity index (χ0n) is 14.1. The SMILES string of the molecule is CC(=O)Cc1cccc(-c2ccc3c(c2)C(C)(C)OC(C=O)N3)c1. The van der Waals surface area contributed by atoms with Gasteiger partial charge in [0.2, 0.25) is 0 Å². The van der Waals surface area contributed by atoms with Crippen molar-refractivity contribution < 1.29 is 14.3 Å². The minimum atomic E-state index is -0.628. The van der Waals surface area contributed by atoms with Crippen LogP contribution in [0.3, 0.4) is 0 Å². The van der Waals surface area contributed by atoms with Crippen molar-refractivity contribution >= 4 is 17.8 Å². The van der Waals surface area contributed by atoms with Crippen LogP contribution in [0.1, 0.15) is 31.9 Å². The highest BCUT2D eigenvalue weighted by Crippen LogP contribution is 2.39. The average Bonchev–Trinajstić information content (AvgIpc) is 2.53. The number of hydrogen-bond acceptors (Lipinski definition) is 4. The molecule has 1 unspecified atom stereocenters. The third-order valence-corrected chi connectivity index (χ3v) is 4.22. The Morgan fingerprint density at radius 2 is 1.96 bits per heavy atom. The Bertz CT molecular complexity index is 795. The lowest BCUT2D eigenvalue weighted by Crippen LogP contribution is -2.39. The molecule has 0 bridgehead atoms. The number of nitrogens with one attached hydrogen (secondary N) is 1. The van der Waals surface area contributed by atoms with Gasteiger partial charge in [0.05, 0.1) is 5.60 Å². The number of benzene rings is 2. The van der Waals surface area contributed by atoms with Gasteiger partial charge < -0.3 is 10.1 Å². The van der Waals surface area contributed by atoms with Crippen molar-refractivity contribution in [3.8, 4) is 11.1 Å². The highest BCUT2D eigenvalue weighted by Gasteiger charge is 2.33. The van der Waals surface area contributed by atoms with E-state index in [1.807, 2.05) is 50.2 Å². The van der Waals surface area contributed by atoms with Gasteiger partial charge in [0, 0.05) is 17.7 Å². The lowest BCUT2D eigenvalue weighted by atomic mass is 9.90. The van der Waals surface area contributed by atoms with Crippen LogP contribution >= 0.6 is 0 Å². The maximum atomic E-state index is 11.3. The Morgan fingerprint density at radius 1 is 1.21 bits per heavy atom. The van der Waals surface area contributed by atoms with Gasteiger partial charge in [-0.05, 0) is 49.6 Å². The molecule has 0 fully saturated rings. The average molecular weight is 323 g/mol. The summed E-state index contributed by atoms with van der Waals surface area (Å²) in [5.74, 6) is 0.149. The topological polar surface area (TPSA) is 55.4 Å². The van der Waals surface area contributed by atoms with Gasteiger partial charge >= 0.3 is 0 Å². The van der Waals surface area contributed by atoms with Gasteiger partial charge in [-0.25, -0.2) is 0 Å². The quantitative estimate of drug-likeness (QED) is 0.872. The molecule has 0 aromatic heterocycles. The Labute approximate surface area is 141 Å². The van der Waals surface area contributed by atoms with E-state index in [0.717, 1.165) is 34.2 Å². The van der Waals surface area contributed by atoms with Crippen molar-refractivity contribution in [2.45, 2.75) is 39.0 Å². The van der Waals surface area contributed by atoms with Gasteiger partial charge in [0.25, 0.3) is 0 Å². The van der Waals surface area contributed by atoms with E-state index in [-0.39, 0.29) is 5.78 Å². The number of ketones is 1. The zero-order chi connectivity index (χ0) is 17.3. The third-order valence-electron chi connectivity index (χ3n) is 4.22. The van der Waals surface area contributed by atoms with Gasteiger partial charge in [-0.3, -0.25) is 9.59 Å². The van der Waals surface area contributed by atoms with Gasteiger partial charge in [-0.1, -0.05) is 30.3 Å². The number of carbonyl (C=O) groups is 2. The Morgan fingerprint density at radius 3 is 2.67 bits per heavy atom. The molecule has 0 saturated carbocycles. The first kappa shape index (κ1) is 16.4. The van der Waals surface area contributed by atoms with Crippen molar-refractivity contribution in [2.75, 3.05) is 5.32 Å². The number of aldehydes is 1. The number of Topliss-reactive ketones (excluding diaryl/α,β-unsaturated/α-hetero) is 1. The number of fused-ring (bicyclic) bond motifs is 1. The molecule has 1 aliphatic rings. The largest absolute Gasteiger partial charge is 0.354 e. The number of carbonyl (C=O) groups excluding carboxylic acids is 2. The minimum absolute atomic E-state index is 0.149. The third kappa shape index (κ3) is 3.24. The molecule has 0 radical (unpaired) electrons. The molecule has 124 valence electrons. The van der Waals surface area contributed by atoms with Crippen molar-refractivity contribution in [1.82, 2.24) is 0 Å². The Kier molecular flexibility index (Phi) is 4.24. The molecule has 24 heavy (non-hydrogen) atoms. The molecule has 4 heteroatoms. The lowest BCUT2D eigenvalue weighted by Gasteiger charge is -2.37. The van der Waals surface area contributed by atoms with Crippen LogP contribution in [-0.4, -0.2) is 18.3 Å². The number of ether oxygens (including phenoxy) is 1. The number of anilines is 1. The van der Waals surface area contributed by atoms with E-state index in [0.29, 0.717) is 6.42 Å². The fourth-order valence-electron chi connectivity index (χ4n) is 3.12. The summed E-state index contributed by atoms with van der Waals surface area (Å²) in [5.41, 5.74) is 4.49. The normalized spacial score (nSPS) is 18.4. The molecule has 0 aliphatic carbocycles. The molecule has 4 nitrogen and oxygen atoms in total. The molecule has 3 rings (SSSR count). The minimum Gasteiger partial charge on any atom is -0.354 e. The van der Waals surface area contributed by atoms with Crippen LogP contribution in [-0.2, 0) is 26.3 Å². The molecule has 1 atom stereocenters. The molecule has 1 N–H and O–H groups in total. The molecular weight excluding hydrogens is 302 g/mol. The summed E-state index contributed by atoms with van der Waals surface area (Å²) < 4.78 is 5.79. The monoisotopic (exact) mass is 323 g/mol. The molecule has 0 amide bonds. The summed E-state index contributed by atoms with van der Waals surface area (Å²) in [6.45, 7) is 5.51. The molecule has 2 aromatic carbocycles. The highest BCUT2D eigenvalue weighted by molar-refractivity contribution is 5.79. The van der Waals surface area contributed by atoms with E-state index >= 15 is 0 Å². The van der Waals surface area contributed by atoms with Crippen LogP contribution in [0, 0.1) is 0 Å². The van der Waals surface area contributed by atoms with Crippen molar-refractivity contribution in [2.24, 2.45) is 0 Å². The molecule has 2 aromatic rings. The number of rotatable bonds is 4. The van der Waals surface area contributed by atoms with Crippen LogP contribution < -0.4 is 5.32 Å². The van der Waals surface area contributed by atoms with E-state index < -0.39 is 11.8 Å². The van der Waals surface area contributed by atoms with Gasteiger partial charge in [-0.2, -0.15) is 0 Å². The Balaban J connectivity index is 2.00. The van der Waals surface area contributed by atoms with Gasteiger partial charge in [-0.15, -0.1) is 0 Å². The van der Waals surface area contributed by atoms with Gasteiger partial charge in [0.15, 0.2) is 12.5 Å². The fourth-order valence-corrected chi connectivity index (χ4v) is 3.12. The standard InChI is InChI=1S/C20H21NO3/c1-13(23)9-14-5-4-6-15(10-14)16-7-8-18-17(11-16)20(2,3)24-19(12-22)21-18/h4-8,10-12,19,21H,9H2,1-3H3. The summed E-state index contributed by atoms with van der Waals surface area (Å²) in [6, 6.07) is 14.1. The predicted molar refractivity (Wildman–Crippen MR) is 93.8 cm³/mol. The Hall–Kier alpha value is -2.46. The molecule has 1 heterocycles. The van der Waals surface area contributed by atoms with E-state index in [9.17, 15) is 9.59 Å². The van der Waals surface area contributed by atoms with Crippen molar-refractivity contribution in [3.63, 3.8) is 0 Å². The van der Waals surface area contributed by atoms with Crippen LogP contribution in [0.25, 0.3) is 11.1 Å². The highest BCUT2D eigenvalue weighted by atomic mass is 16.5. The maximum absolute atomic E-state index is 11.3. The fraction of sp³-hybridized carbons (Fsp3) is 0.300. The van der Waals surface area contributed by atoms with Crippen molar-refractivity contribution in [1.29, 1.82) is 0 Å². The van der Waals surface area contributed by atoms with E-state index in [1.54, 1.807) is 6.92 Å². The molecule has 0 saturated heterocycles. The number of hydrogen-bond donors (Lipinski definition) is 1. The summed E-state index contributed by atoms with van der Waals surface area (Å²) in [4.78, 5) is 22.4. The first-order valence-electron chi connectivity index (χ1n) is 8.02. The summed E-state index contributed by atoms with van der Waals surface area (Å²) in [6.07, 6.45) is 0.581. The summed E-state index contributed by atoms with van der Waals surface area (Å²) in [5, 5.41) is 3.08. The predicted octanol–water partition coefficient (Wildman–Crippen LogP) is 3.69. The van der Waals surface area contributed by atoms with Crippen LogP contribution in [0.4, 0.5) is 5.69 Å². The smallest absolute Gasteiger partial charge is 0.185 e. The van der Waals surface area contributed by atoms with E-state index in [2.05, 4.69) is 11.4 Å². The van der Waals surface area contributed by atoms with Crippen LogP contribution in [0.2, 0.25) is 0 Å². The van der Waals surface area contributed by atoms with Crippen LogP contribution in [0.15, 0.2) is 42.5 Å². The first-order valence-corrected chi connectivity index (χ1v) is 8.02. The van der Waals surface area contributed by atoms with Crippen molar-refractivity contribution in [3.05, 3.63) is 53.6 Å². The molecule has 1 aliphatic heterocycles. The second kappa shape index (κ2) is 6.21. The van der Waals surface area contributed by atoms with E-state index in [1.165, 1.54) is 0 Å².